The molecule has 0 aliphatic carbocycles. The van der Waals surface area contributed by atoms with E-state index in [1.54, 1.807) is 0 Å². The second-order valence-corrected chi connectivity index (χ2v) is 4.32. The second-order valence-electron chi connectivity index (χ2n) is 3.46. The minimum absolute atomic E-state index is 0.163. The zero-order valence-corrected chi connectivity index (χ0v) is 10.2. The zero-order chi connectivity index (χ0) is 11.7. The van der Waals surface area contributed by atoms with Crippen molar-refractivity contribution in [3.8, 4) is 5.69 Å². The van der Waals surface area contributed by atoms with Crippen LogP contribution in [0.25, 0.3) is 5.69 Å². The van der Waals surface area contributed by atoms with Gasteiger partial charge in [-0.05, 0) is 46.0 Å². The highest BCUT2D eigenvalue weighted by Crippen LogP contribution is 2.07. The van der Waals surface area contributed by atoms with Gasteiger partial charge in [0.05, 0.1) is 11.9 Å². The van der Waals surface area contributed by atoms with Crippen molar-refractivity contribution in [1.29, 1.82) is 0 Å². The normalized spacial score (nSPS) is 10.4. The first-order valence-electron chi connectivity index (χ1n) is 4.70. The van der Waals surface area contributed by atoms with Crippen molar-refractivity contribution in [1.82, 2.24) is 9.78 Å². The van der Waals surface area contributed by atoms with Crippen LogP contribution in [0.15, 0.2) is 39.7 Å². The molecular weight excluding hydrogens is 267 g/mol. The summed E-state index contributed by atoms with van der Waals surface area (Å²) < 4.78 is 1.80. The molecular formula is C11H8BBrN2O. The first kappa shape index (κ1) is 11.1. The maximum Gasteiger partial charge on any atom is 0.265 e. The van der Waals surface area contributed by atoms with E-state index in [4.69, 9.17) is 7.85 Å². The molecule has 0 saturated carbocycles. The number of rotatable bonds is 1. The molecule has 0 aliphatic rings. The molecule has 0 spiro atoms. The van der Waals surface area contributed by atoms with Crippen LogP contribution >= 0.6 is 15.9 Å². The Morgan fingerprint density at radius 1 is 1.44 bits per heavy atom. The van der Waals surface area contributed by atoms with Crippen LogP contribution in [0.4, 0.5) is 0 Å². The topological polar surface area (TPSA) is 34.9 Å². The van der Waals surface area contributed by atoms with Crippen LogP contribution in [-0.2, 0) is 0 Å². The van der Waals surface area contributed by atoms with Gasteiger partial charge >= 0.3 is 0 Å². The fourth-order valence-electron chi connectivity index (χ4n) is 1.39. The largest absolute Gasteiger partial charge is 0.268 e. The van der Waals surface area contributed by atoms with E-state index in [9.17, 15) is 4.79 Å². The Kier molecular flexibility index (Phi) is 2.96. The molecule has 2 aromatic rings. The van der Waals surface area contributed by atoms with E-state index in [-0.39, 0.29) is 11.0 Å². The second kappa shape index (κ2) is 4.25. The molecule has 0 atom stereocenters. The van der Waals surface area contributed by atoms with Gasteiger partial charge in [-0.1, -0.05) is 12.1 Å². The summed E-state index contributed by atoms with van der Waals surface area (Å²) >= 11 is 3.17. The minimum atomic E-state index is -0.319. The summed E-state index contributed by atoms with van der Waals surface area (Å²) in [6.45, 7) is 1.96. The van der Waals surface area contributed by atoms with E-state index < -0.39 is 0 Å². The van der Waals surface area contributed by atoms with Crippen molar-refractivity contribution >= 4 is 29.2 Å². The SMILES string of the molecule is [B]c1c(Br)cnn(-c2cccc(C)c2)c1=O. The third kappa shape index (κ3) is 1.95. The van der Waals surface area contributed by atoms with Crippen molar-refractivity contribution < 1.29 is 0 Å². The number of nitrogens with zero attached hydrogens (tertiary/aromatic N) is 2. The van der Waals surface area contributed by atoms with Crippen LogP contribution in [0.5, 0.6) is 0 Å². The van der Waals surface area contributed by atoms with Gasteiger partial charge in [-0.15, -0.1) is 0 Å². The molecule has 0 unspecified atom stereocenters. The summed E-state index contributed by atoms with van der Waals surface area (Å²) in [6, 6.07) is 7.52. The quantitative estimate of drug-likeness (QED) is 0.730. The van der Waals surface area contributed by atoms with E-state index in [0.717, 1.165) is 5.56 Å². The first-order valence-corrected chi connectivity index (χ1v) is 5.49. The number of aromatic nitrogens is 2. The van der Waals surface area contributed by atoms with Crippen LogP contribution in [0, 0.1) is 6.92 Å². The molecule has 0 amide bonds. The highest BCUT2D eigenvalue weighted by atomic mass is 79.9. The molecule has 0 saturated heterocycles. The Morgan fingerprint density at radius 3 is 2.88 bits per heavy atom. The number of halogens is 1. The first-order chi connectivity index (χ1) is 7.59. The van der Waals surface area contributed by atoms with Gasteiger partial charge in [0.25, 0.3) is 5.56 Å². The number of aryl methyl sites for hydroxylation is 1. The Bertz CT molecular complexity index is 595. The monoisotopic (exact) mass is 274 g/mol. The fraction of sp³-hybridized carbons (Fsp3) is 0.0909. The van der Waals surface area contributed by atoms with Gasteiger partial charge < -0.3 is 0 Å². The van der Waals surface area contributed by atoms with Crippen molar-refractivity contribution in [3.63, 3.8) is 0 Å². The van der Waals surface area contributed by atoms with Gasteiger partial charge in [0, 0.05) is 4.47 Å². The van der Waals surface area contributed by atoms with Crippen LogP contribution in [0.2, 0.25) is 0 Å². The maximum atomic E-state index is 11.8. The molecule has 3 nitrogen and oxygen atoms in total. The lowest BCUT2D eigenvalue weighted by atomic mass is 9.99. The highest BCUT2D eigenvalue weighted by molar-refractivity contribution is 9.10. The summed E-state index contributed by atoms with van der Waals surface area (Å²) in [4.78, 5) is 11.8. The number of benzene rings is 1. The third-order valence-corrected chi connectivity index (χ3v) is 2.84. The third-order valence-electron chi connectivity index (χ3n) is 2.21. The average molecular weight is 275 g/mol. The zero-order valence-electron chi connectivity index (χ0n) is 8.64. The minimum Gasteiger partial charge on any atom is -0.268 e. The van der Waals surface area contributed by atoms with E-state index in [1.165, 1.54) is 10.9 Å². The molecule has 5 heteroatoms. The van der Waals surface area contributed by atoms with Gasteiger partial charge in [-0.2, -0.15) is 9.78 Å². The van der Waals surface area contributed by atoms with Crippen molar-refractivity contribution in [2.45, 2.75) is 6.92 Å². The molecule has 1 aromatic heterocycles. The molecule has 0 fully saturated rings. The van der Waals surface area contributed by atoms with E-state index in [1.807, 2.05) is 31.2 Å². The number of hydrogen-bond donors (Lipinski definition) is 0. The van der Waals surface area contributed by atoms with Crippen LogP contribution in [0.3, 0.4) is 0 Å². The Morgan fingerprint density at radius 2 is 2.19 bits per heavy atom. The van der Waals surface area contributed by atoms with Gasteiger partial charge in [0.15, 0.2) is 0 Å². The molecule has 1 aromatic carbocycles. The van der Waals surface area contributed by atoms with Gasteiger partial charge in [0.1, 0.15) is 7.85 Å². The van der Waals surface area contributed by atoms with Gasteiger partial charge in [-0.25, -0.2) is 0 Å². The summed E-state index contributed by atoms with van der Waals surface area (Å²) in [5, 5.41) is 4.03. The molecule has 1 heterocycles. The molecule has 0 bridgehead atoms. The number of hydrogen-bond acceptors (Lipinski definition) is 2. The lowest BCUT2D eigenvalue weighted by Gasteiger charge is -2.06. The Labute approximate surface area is 103 Å². The summed E-state index contributed by atoms with van der Waals surface area (Å²) in [7, 11) is 5.64. The Balaban J connectivity index is 2.66. The van der Waals surface area contributed by atoms with Crippen molar-refractivity contribution in [3.05, 3.63) is 50.9 Å². The van der Waals surface area contributed by atoms with Crippen LogP contribution in [-0.4, -0.2) is 17.6 Å². The van der Waals surface area contributed by atoms with Gasteiger partial charge in [0.2, 0.25) is 0 Å². The molecule has 0 aliphatic heterocycles. The fourth-order valence-corrected chi connectivity index (χ4v) is 1.65. The maximum absolute atomic E-state index is 11.8. The van der Waals surface area contributed by atoms with Crippen molar-refractivity contribution in [2.75, 3.05) is 0 Å². The smallest absolute Gasteiger partial charge is 0.265 e. The highest BCUT2D eigenvalue weighted by Gasteiger charge is 2.06. The Hall–Kier alpha value is -1.36. The summed E-state index contributed by atoms with van der Waals surface area (Å²) in [5.74, 6) is 0. The van der Waals surface area contributed by atoms with Crippen LogP contribution < -0.4 is 11.0 Å². The van der Waals surface area contributed by atoms with Crippen LogP contribution in [0.1, 0.15) is 5.56 Å². The van der Waals surface area contributed by atoms with E-state index in [2.05, 4.69) is 21.0 Å². The average Bonchev–Trinajstić information content (AvgIpc) is 2.26. The van der Waals surface area contributed by atoms with Crippen molar-refractivity contribution in [2.24, 2.45) is 0 Å². The molecule has 16 heavy (non-hydrogen) atoms. The van der Waals surface area contributed by atoms with E-state index >= 15 is 0 Å². The molecule has 78 valence electrons. The summed E-state index contributed by atoms with van der Waals surface area (Å²) in [6.07, 6.45) is 1.51. The molecule has 2 rings (SSSR count). The lowest BCUT2D eigenvalue weighted by molar-refractivity contribution is 0.810. The molecule has 0 N–H and O–H groups in total. The van der Waals surface area contributed by atoms with Gasteiger partial charge in [-0.3, -0.25) is 4.79 Å². The predicted molar refractivity (Wildman–Crippen MR) is 67.7 cm³/mol. The standard InChI is InChI=1S/C11H8BBrN2O/c1-7-3-2-4-8(5-7)15-11(16)10(12)9(13)6-14-15/h2-6H,1H3. The molecule has 2 radical (unpaired) electrons. The predicted octanol–water partition coefficient (Wildman–Crippen LogP) is 1.10. The summed E-state index contributed by atoms with van der Waals surface area (Å²) in [5.41, 5.74) is 1.62. The lowest BCUT2D eigenvalue weighted by Crippen LogP contribution is -2.35. The van der Waals surface area contributed by atoms with E-state index in [0.29, 0.717) is 10.2 Å².